The highest BCUT2D eigenvalue weighted by Gasteiger charge is 2.35. The molecule has 0 saturated heterocycles. The van der Waals surface area contributed by atoms with Gasteiger partial charge in [0.2, 0.25) is 0 Å². The summed E-state index contributed by atoms with van der Waals surface area (Å²) in [7, 11) is -2.73. The Morgan fingerprint density at radius 2 is 1.87 bits per heavy atom. The summed E-state index contributed by atoms with van der Waals surface area (Å²) in [4.78, 5) is 24.9. The molecule has 0 radical (unpaired) electrons. The molecule has 10 heteroatoms. The Bertz CT molecular complexity index is 1130. The molecule has 1 aliphatic rings. The fourth-order valence-electron chi connectivity index (χ4n) is 3.19. The second-order valence-electron chi connectivity index (χ2n) is 6.63. The van der Waals surface area contributed by atoms with Crippen LogP contribution in [-0.2, 0) is 19.4 Å². The molecule has 0 spiro atoms. The van der Waals surface area contributed by atoms with E-state index in [9.17, 15) is 18.0 Å². The molecule has 0 aliphatic carbocycles. The molecule has 3 rings (SSSR count). The van der Waals surface area contributed by atoms with E-state index in [0.717, 1.165) is 0 Å². The zero-order chi connectivity index (χ0) is 22.6. The minimum atomic E-state index is -3.91. The van der Waals surface area contributed by atoms with Crippen LogP contribution in [0.4, 0.5) is 4.79 Å². The molecular weight excluding hydrogens is 444 g/mol. The minimum Gasteiger partial charge on any atom is -0.494 e. The number of methoxy groups -OCH3 is 1. The standard InChI is InChI=1S/C21H21ClN2O6S/c1-3-30-15-9-7-13(8-10-15)19-18(20(25)29-2)17(23-21(26)24-19)12-31(27,28)16-6-4-5-14(22)11-16/h4-11,19H,3,12H2,1-2H3,(H2,23,24,26). The molecule has 0 fully saturated rings. The Hall–Kier alpha value is -3.04. The summed E-state index contributed by atoms with van der Waals surface area (Å²) in [6.07, 6.45) is 0. The van der Waals surface area contributed by atoms with Crippen molar-refractivity contribution in [1.29, 1.82) is 0 Å². The van der Waals surface area contributed by atoms with Gasteiger partial charge in [-0.05, 0) is 42.8 Å². The maximum absolute atomic E-state index is 12.9. The molecule has 0 aromatic heterocycles. The van der Waals surface area contributed by atoms with E-state index in [1.165, 1.54) is 25.3 Å². The third-order valence-corrected chi connectivity index (χ3v) is 6.45. The van der Waals surface area contributed by atoms with Gasteiger partial charge in [0, 0.05) is 10.7 Å². The number of sulfone groups is 1. The molecule has 1 unspecified atom stereocenters. The van der Waals surface area contributed by atoms with Crippen LogP contribution in [0.1, 0.15) is 18.5 Å². The first-order valence-corrected chi connectivity index (χ1v) is 11.4. The average Bonchev–Trinajstić information content (AvgIpc) is 2.73. The highest BCUT2D eigenvalue weighted by atomic mass is 35.5. The molecule has 8 nitrogen and oxygen atoms in total. The van der Waals surface area contributed by atoms with Gasteiger partial charge in [-0.2, -0.15) is 0 Å². The number of carbonyl (C=O) groups excluding carboxylic acids is 2. The Balaban J connectivity index is 2.05. The fourth-order valence-corrected chi connectivity index (χ4v) is 4.81. The van der Waals surface area contributed by atoms with E-state index in [1.54, 1.807) is 30.3 Å². The van der Waals surface area contributed by atoms with E-state index in [-0.39, 0.29) is 21.2 Å². The van der Waals surface area contributed by atoms with Crippen LogP contribution < -0.4 is 15.4 Å². The molecule has 2 amide bonds. The largest absolute Gasteiger partial charge is 0.494 e. The van der Waals surface area contributed by atoms with Crippen molar-refractivity contribution >= 4 is 33.4 Å². The molecule has 0 saturated carbocycles. The van der Waals surface area contributed by atoms with Gasteiger partial charge in [-0.1, -0.05) is 29.8 Å². The molecule has 1 heterocycles. The van der Waals surface area contributed by atoms with Gasteiger partial charge < -0.3 is 20.1 Å². The van der Waals surface area contributed by atoms with Crippen molar-refractivity contribution in [3.8, 4) is 5.75 Å². The van der Waals surface area contributed by atoms with Gasteiger partial charge in [-0.15, -0.1) is 0 Å². The number of ether oxygens (including phenoxy) is 2. The maximum atomic E-state index is 12.9. The van der Waals surface area contributed by atoms with Gasteiger partial charge in [-0.3, -0.25) is 0 Å². The van der Waals surface area contributed by atoms with Crippen molar-refractivity contribution < 1.29 is 27.5 Å². The Morgan fingerprint density at radius 3 is 2.48 bits per heavy atom. The predicted octanol–water partition coefficient (Wildman–Crippen LogP) is 2.99. The number of hydrogen-bond donors (Lipinski definition) is 2. The third kappa shape index (κ3) is 5.18. The van der Waals surface area contributed by atoms with Crippen molar-refractivity contribution in [2.45, 2.75) is 17.9 Å². The zero-order valence-corrected chi connectivity index (χ0v) is 18.4. The first kappa shape index (κ1) is 22.6. The number of benzene rings is 2. The van der Waals surface area contributed by atoms with Crippen molar-refractivity contribution in [3.05, 3.63) is 70.4 Å². The number of nitrogens with one attached hydrogen (secondary N) is 2. The number of esters is 1. The fraction of sp³-hybridized carbons (Fsp3) is 0.238. The van der Waals surface area contributed by atoms with Gasteiger partial charge in [-0.25, -0.2) is 18.0 Å². The predicted molar refractivity (Wildman–Crippen MR) is 115 cm³/mol. The highest BCUT2D eigenvalue weighted by Crippen LogP contribution is 2.30. The van der Waals surface area contributed by atoms with Crippen LogP contribution in [0.5, 0.6) is 5.75 Å². The second-order valence-corrected chi connectivity index (χ2v) is 9.06. The van der Waals surface area contributed by atoms with Crippen LogP contribution in [-0.4, -0.2) is 39.9 Å². The van der Waals surface area contributed by atoms with Crippen molar-refractivity contribution in [3.63, 3.8) is 0 Å². The lowest BCUT2D eigenvalue weighted by Crippen LogP contribution is -2.47. The van der Waals surface area contributed by atoms with E-state index in [1.807, 2.05) is 6.92 Å². The van der Waals surface area contributed by atoms with Gasteiger partial charge in [0.1, 0.15) is 5.75 Å². The van der Waals surface area contributed by atoms with E-state index in [0.29, 0.717) is 17.9 Å². The highest BCUT2D eigenvalue weighted by molar-refractivity contribution is 7.91. The summed E-state index contributed by atoms with van der Waals surface area (Å²) in [5.41, 5.74) is 0.502. The summed E-state index contributed by atoms with van der Waals surface area (Å²) in [5.74, 6) is -0.750. The molecule has 2 aromatic carbocycles. The third-order valence-electron chi connectivity index (χ3n) is 4.57. The van der Waals surface area contributed by atoms with Gasteiger partial charge >= 0.3 is 12.0 Å². The van der Waals surface area contributed by atoms with E-state index < -0.39 is 33.6 Å². The number of rotatable bonds is 7. The molecule has 31 heavy (non-hydrogen) atoms. The monoisotopic (exact) mass is 464 g/mol. The van der Waals surface area contributed by atoms with E-state index in [2.05, 4.69) is 10.6 Å². The van der Waals surface area contributed by atoms with Crippen LogP contribution >= 0.6 is 11.6 Å². The summed E-state index contributed by atoms with van der Waals surface area (Å²) in [6, 6.07) is 11.0. The summed E-state index contributed by atoms with van der Waals surface area (Å²) in [6.45, 7) is 2.34. The molecule has 0 bridgehead atoms. The molecule has 1 aliphatic heterocycles. The lowest BCUT2D eigenvalue weighted by atomic mass is 9.95. The van der Waals surface area contributed by atoms with Crippen LogP contribution in [0.3, 0.4) is 0 Å². The first-order chi connectivity index (χ1) is 14.7. The van der Waals surface area contributed by atoms with Gasteiger partial charge in [0.25, 0.3) is 0 Å². The quantitative estimate of drug-likeness (QED) is 0.609. The van der Waals surface area contributed by atoms with E-state index >= 15 is 0 Å². The van der Waals surface area contributed by atoms with Crippen molar-refractivity contribution in [2.24, 2.45) is 0 Å². The molecule has 2 aromatic rings. The summed E-state index contributed by atoms with van der Waals surface area (Å²) < 4.78 is 36.2. The minimum absolute atomic E-state index is 0.00290. The van der Waals surface area contributed by atoms with Crippen LogP contribution in [0.2, 0.25) is 5.02 Å². The Morgan fingerprint density at radius 1 is 1.16 bits per heavy atom. The summed E-state index contributed by atoms with van der Waals surface area (Å²) in [5, 5.41) is 5.35. The Labute approximate surface area is 185 Å². The lowest BCUT2D eigenvalue weighted by Gasteiger charge is -2.29. The SMILES string of the molecule is CCOc1ccc(C2NC(=O)NC(CS(=O)(=O)c3cccc(Cl)c3)=C2C(=O)OC)cc1. The first-order valence-electron chi connectivity index (χ1n) is 9.35. The van der Waals surface area contributed by atoms with Crippen LogP contribution in [0.15, 0.2) is 64.7 Å². The van der Waals surface area contributed by atoms with Crippen molar-refractivity contribution in [2.75, 3.05) is 19.5 Å². The number of hydrogen-bond acceptors (Lipinski definition) is 6. The second kappa shape index (κ2) is 9.40. The van der Waals surface area contributed by atoms with Gasteiger partial charge in [0.05, 0.1) is 36.0 Å². The number of carbonyl (C=O) groups is 2. The number of amides is 2. The lowest BCUT2D eigenvalue weighted by molar-refractivity contribution is -0.136. The Kier molecular flexibility index (Phi) is 6.87. The maximum Gasteiger partial charge on any atom is 0.338 e. The molecule has 164 valence electrons. The number of urea groups is 1. The smallest absolute Gasteiger partial charge is 0.338 e. The van der Waals surface area contributed by atoms with Crippen molar-refractivity contribution in [1.82, 2.24) is 10.6 Å². The molecule has 1 atom stereocenters. The zero-order valence-electron chi connectivity index (χ0n) is 16.8. The van der Waals surface area contributed by atoms with Gasteiger partial charge in [0.15, 0.2) is 9.84 Å². The van der Waals surface area contributed by atoms with Crippen LogP contribution in [0, 0.1) is 0 Å². The van der Waals surface area contributed by atoms with Crippen LogP contribution in [0.25, 0.3) is 0 Å². The topological polar surface area (TPSA) is 111 Å². The molecular formula is C21H21ClN2O6S. The number of halogens is 1. The molecule has 2 N–H and O–H groups in total. The normalized spacial score (nSPS) is 16.4. The average molecular weight is 465 g/mol. The summed E-state index contributed by atoms with van der Waals surface area (Å²) >= 11 is 5.92. The van der Waals surface area contributed by atoms with E-state index in [4.69, 9.17) is 21.1 Å².